The number of H-pyrrole nitrogens is 1. The molecule has 2 rings (SSSR count). The summed E-state index contributed by atoms with van der Waals surface area (Å²) in [7, 11) is 0. The smallest absolute Gasteiger partial charge is 0.352 e. The van der Waals surface area contributed by atoms with E-state index in [1.165, 1.54) is 18.2 Å². The highest BCUT2D eigenvalue weighted by Crippen LogP contribution is 2.14. The van der Waals surface area contributed by atoms with Gasteiger partial charge in [0.05, 0.1) is 11.1 Å². The molecule has 0 aliphatic heterocycles. The van der Waals surface area contributed by atoms with Gasteiger partial charge in [-0.1, -0.05) is 6.07 Å². The number of benzene rings is 1. The van der Waals surface area contributed by atoms with Crippen LogP contribution in [0.5, 0.6) is 0 Å². The van der Waals surface area contributed by atoms with Crippen molar-refractivity contribution < 1.29 is 19.8 Å². The van der Waals surface area contributed by atoms with Gasteiger partial charge in [0.1, 0.15) is 5.69 Å². The van der Waals surface area contributed by atoms with Crippen molar-refractivity contribution in [1.82, 2.24) is 4.98 Å². The number of fused-ring (bicyclic) bond motifs is 1. The number of carbonyl (C=O) groups is 2. The van der Waals surface area contributed by atoms with Crippen LogP contribution in [0.15, 0.2) is 29.1 Å². The van der Waals surface area contributed by atoms with E-state index in [0.29, 0.717) is 0 Å². The molecular formula is C11H7NO5. The average Bonchev–Trinajstić information content (AvgIpc) is 2.27. The van der Waals surface area contributed by atoms with Gasteiger partial charge in [0.15, 0.2) is 5.43 Å². The number of pyridine rings is 1. The molecule has 0 fully saturated rings. The third kappa shape index (κ3) is 1.76. The van der Waals surface area contributed by atoms with Gasteiger partial charge >= 0.3 is 11.9 Å². The molecule has 1 heterocycles. The fourth-order valence-electron chi connectivity index (χ4n) is 1.57. The zero-order chi connectivity index (χ0) is 12.6. The standard InChI is InChI=1S/C11H7NO5/c13-8-4-7(11(16)17)12-9-5(8)2-1-3-6(9)10(14)15/h1-4H,(H,12,13)(H,14,15)(H,16,17). The van der Waals surface area contributed by atoms with Crippen LogP contribution in [0.1, 0.15) is 20.8 Å². The van der Waals surface area contributed by atoms with Crippen LogP contribution in [-0.2, 0) is 0 Å². The van der Waals surface area contributed by atoms with E-state index in [9.17, 15) is 14.4 Å². The summed E-state index contributed by atoms with van der Waals surface area (Å²) >= 11 is 0. The topological polar surface area (TPSA) is 107 Å². The minimum atomic E-state index is -1.32. The van der Waals surface area contributed by atoms with Gasteiger partial charge in [-0.3, -0.25) is 4.79 Å². The summed E-state index contributed by atoms with van der Waals surface area (Å²) in [5.74, 6) is -2.54. The van der Waals surface area contributed by atoms with Crippen molar-refractivity contribution in [3.63, 3.8) is 0 Å². The van der Waals surface area contributed by atoms with Crippen molar-refractivity contribution >= 4 is 22.8 Å². The molecule has 6 heteroatoms. The lowest BCUT2D eigenvalue weighted by atomic mass is 10.1. The maximum atomic E-state index is 11.6. The molecule has 0 saturated heterocycles. The quantitative estimate of drug-likeness (QED) is 0.714. The van der Waals surface area contributed by atoms with E-state index in [1.54, 1.807) is 0 Å². The van der Waals surface area contributed by atoms with E-state index in [2.05, 4.69) is 4.98 Å². The van der Waals surface area contributed by atoms with Crippen LogP contribution in [-0.4, -0.2) is 27.1 Å². The molecule has 6 nitrogen and oxygen atoms in total. The van der Waals surface area contributed by atoms with Gasteiger partial charge in [0.25, 0.3) is 0 Å². The Bertz CT molecular complexity index is 686. The Kier molecular flexibility index (Phi) is 2.40. The number of hydrogen-bond acceptors (Lipinski definition) is 3. The Morgan fingerprint density at radius 1 is 1.12 bits per heavy atom. The first-order valence-corrected chi connectivity index (χ1v) is 4.63. The first-order valence-electron chi connectivity index (χ1n) is 4.63. The predicted octanol–water partition coefficient (Wildman–Crippen LogP) is 0.924. The second-order valence-electron chi connectivity index (χ2n) is 3.39. The largest absolute Gasteiger partial charge is 0.478 e. The number of nitrogens with one attached hydrogen (secondary N) is 1. The van der Waals surface area contributed by atoms with E-state index in [1.807, 2.05) is 0 Å². The molecule has 0 amide bonds. The Morgan fingerprint density at radius 2 is 1.82 bits per heavy atom. The molecule has 3 N–H and O–H groups in total. The summed E-state index contributed by atoms with van der Waals surface area (Å²) in [4.78, 5) is 35.7. The van der Waals surface area contributed by atoms with Crippen molar-refractivity contribution in [2.45, 2.75) is 0 Å². The first-order chi connectivity index (χ1) is 8.00. The molecule has 0 unspecified atom stereocenters. The van der Waals surface area contributed by atoms with Crippen LogP contribution in [0.25, 0.3) is 10.9 Å². The molecule has 1 aromatic heterocycles. The van der Waals surface area contributed by atoms with Gasteiger partial charge in [-0.2, -0.15) is 0 Å². The highest BCUT2D eigenvalue weighted by molar-refractivity contribution is 6.02. The SMILES string of the molecule is O=C(O)c1cc(=O)c2cccc(C(=O)O)c2[nH]1. The number of aromatic carboxylic acids is 2. The first kappa shape index (κ1) is 10.9. The lowest BCUT2D eigenvalue weighted by Gasteiger charge is -2.03. The van der Waals surface area contributed by atoms with E-state index >= 15 is 0 Å². The molecule has 0 atom stereocenters. The summed E-state index contributed by atoms with van der Waals surface area (Å²) in [6.45, 7) is 0. The minimum Gasteiger partial charge on any atom is -0.478 e. The second-order valence-corrected chi connectivity index (χ2v) is 3.39. The number of para-hydroxylation sites is 1. The molecule has 0 saturated carbocycles. The zero-order valence-electron chi connectivity index (χ0n) is 8.43. The minimum absolute atomic E-state index is 0.0184. The third-order valence-electron chi connectivity index (χ3n) is 2.33. The summed E-state index contributed by atoms with van der Waals surface area (Å²) in [6, 6.07) is 5.09. The molecule has 2 aromatic rings. The van der Waals surface area contributed by atoms with E-state index < -0.39 is 17.4 Å². The van der Waals surface area contributed by atoms with Crippen molar-refractivity contribution in [2.75, 3.05) is 0 Å². The molecule has 17 heavy (non-hydrogen) atoms. The van der Waals surface area contributed by atoms with Crippen molar-refractivity contribution in [3.8, 4) is 0 Å². The molecule has 0 bridgehead atoms. The molecule has 0 aliphatic rings. The lowest BCUT2D eigenvalue weighted by molar-refractivity contribution is 0.0680. The number of aromatic nitrogens is 1. The summed E-state index contributed by atoms with van der Waals surface area (Å²) in [6.07, 6.45) is 0. The van der Waals surface area contributed by atoms with Crippen LogP contribution in [0.2, 0.25) is 0 Å². The van der Waals surface area contributed by atoms with Crippen LogP contribution in [0.4, 0.5) is 0 Å². The Balaban J connectivity index is 2.93. The molecule has 0 aliphatic carbocycles. The van der Waals surface area contributed by atoms with Crippen molar-refractivity contribution in [1.29, 1.82) is 0 Å². The monoisotopic (exact) mass is 233 g/mol. The fraction of sp³-hybridized carbons (Fsp3) is 0. The van der Waals surface area contributed by atoms with Gasteiger partial charge in [-0.15, -0.1) is 0 Å². The van der Waals surface area contributed by atoms with E-state index in [-0.39, 0.29) is 22.2 Å². The van der Waals surface area contributed by atoms with Crippen molar-refractivity contribution in [3.05, 3.63) is 45.7 Å². The maximum absolute atomic E-state index is 11.6. The van der Waals surface area contributed by atoms with Gasteiger partial charge in [-0.25, -0.2) is 9.59 Å². The average molecular weight is 233 g/mol. The fourth-order valence-corrected chi connectivity index (χ4v) is 1.57. The number of aromatic amines is 1. The Morgan fingerprint density at radius 3 is 2.41 bits per heavy atom. The van der Waals surface area contributed by atoms with Gasteiger partial charge in [0, 0.05) is 11.5 Å². The molecule has 1 aromatic carbocycles. The molecule has 0 radical (unpaired) electrons. The third-order valence-corrected chi connectivity index (χ3v) is 2.33. The maximum Gasteiger partial charge on any atom is 0.352 e. The highest BCUT2D eigenvalue weighted by Gasteiger charge is 2.13. The highest BCUT2D eigenvalue weighted by atomic mass is 16.4. The van der Waals surface area contributed by atoms with Gasteiger partial charge in [-0.05, 0) is 12.1 Å². The molecular weight excluding hydrogens is 226 g/mol. The predicted molar refractivity (Wildman–Crippen MR) is 58.5 cm³/mol. The Labute approximate surface area is 94.1 Å². The van der Waals surface area contributed by atoms with Crippen LogP contribution >= 0.6 is 0 Å². The number of hydrogen-bond donors (Lipinski definition) is 3. The van der Waals surface area contributed by atoms with Gasteiger partial charge in [0.2, 0.25) is 0 Å². The van der Waals surface area contributed by atoms with Gasteiger partial charge < -0.3 is 15.2 Å². The van der Waals surface area contributed by atoms with E-state index in [4.69, 9.17) is 10.2 Å². The summed E-state index contributed by atoms with van der Waals surface area (Å²) in [5.41, 5.74) is -0.983. The normalized spacial score (nSPS) is 10.4. The number of carboxylic acids is 2. The second kappa shape index (κ2) is 3.75. The molecule has 0 spiro atoms. The zero-order valence-corrected chi connectivity index (χ0v) is 8.43. The van der Waals surface area contributed by atoms with Crippen molar-refractivity contribution in [2.24, 2.45) is 0 Å². The number of carboxylic acid groups (broad SMARTS) is 2. The van der Waals surface area contributed by atoms with E-state index in [0.717, 1.165) is 6.07 Å². The summed E-state index contributed by atoms with van der Waals surface area (Å²) < 4.78 is 0. The summed E-state index contributed by atoms with van der Waals surface area (Å²) in [5, 5.41) is 17.9. The molecule has 86 valence electrons. The number of rotatable bonds is 2. The lowest BCUT2D eigenvalue weighted by Crippen LogP contribution is -2.11. The van der Waals surface area contributed by atoms with Crippen LogP contribution in [0.3, 0.4) is 0 Å². The van der Waals surface area contributed by atoms with Crippen LogP contribution in [0, 0.1) is 0 Å². The van der Waals surface area contributed by atoms with Crippen LogP contribution < -0.4 is 5.43 Å². The Hall–Kier alpha value is -2.63.